The second-order valence-corrected chi connectivity index (χ2v) is 7.24. The van der Waals surface area contributed by atoms with Gasteiger partial charge in [0.2, 0.25) is 5.09 Å². The SMILES string of the molecule is CSc1nc2c(c(=O)[nH]1)CN(Cc1ccc(S(=O)(=O)[O-])o1)CC2. The van der Waals surface area contributed by atoms with Crippen molar-refractivity contribution in [2.75, 3.05) is 12.8 Å². The number of fused-ring (bicyclic) bond motifs is 1. The van der Waals surface area contributed by atoms with E-state index in [0.717, 1.165) is 11.8 Å². The number of nitrogens with zero attached hydrogens (tertiary/aromatic N) is 2. The van der Waals surface area contributed by atoms with Crippen LogP contribution in [-0.4, -0.2) is 40.6 Å². The van der Waals surface area contributed by atoms with Crippen LogP contribution in [0.25, 0.3) is 0 Å². The third-order valence-corrected chi connectivity index (χ3v) is 4.87. The number of nitrogens with one attached hydrogen (secondary N) is 1. The normalized spacial score (nSPS) is 15.6. The summed E-state index contributed by atoms with van der Waals surface area (Å²) in [4.78, 5) is 21.2. The van der Waals surface area contributed by atoms with Gasteiger partial charge in [-0.25, -0.2) is 13.4 Å². The number of hydrogen-bond acceptors (Lipinski definition) is 8. The summed E-state index contributed by atoms with van der Waals surface area (Å²) >= 11 is 1.38. The highest BCUT2D eigenvalue weighted by Gasteiger charge is 2.22. The maximum atomic E-state index is 12.1. The fraction of sp³-hybridized carbons (Fsp3) is 0.385. The smallest absolute Gasteiger partial charge is 0.256 e. The molecule has 8 nitrogen and oxygen atoms in total. The average Bonchev–Trinajstić information content (AvgIpc) is 2.96. The molecule has 2 aromatic heterocycles. The molecular formula is C13H14N3O5S2-. The lowest BCUT2D eigenvalue weighted by atomic mass is 10.1. The maximum absolute atomic E-state index is 12.1. The van der Waals surface area contributed by atoms with Gasteiger partial charge in [-0.3, -0.25) is 9.69 Å². The highest BCUT2D eigenvalue weighted by molar-refractivity contribution is 7.98. The molecule has 1 N–H and O–H groups in total. The van der Waals surface area contributed by atoms with E-state index >= 15 is 0 Å². The van der Waals surface area contributed by atoms with Crippen LogP contribution in [0, 0.1) is 0 Å². The highest BCUT2D eigenvalue weighted by atomic mass is 32.2. The molecular weight excluding hydrogens is 342 g/mol. The third-order valence-electron chi connectivity index (χ3n) is 3.58. The van der Waals surface area contributed by atoms with Crippen LogP contribution >= 0.6 is 11.8 Å². The summed E-state index contributed by atoms with van der Waals surface area (Å²) in [5.41, 5.74) is 1.24. The van der Waals surface area contributed by atoms with E-state index in [1.165, 1.54) is 17.8 Å². The molecule has 0 aromatic carbocycles. The quantitative estimate of drug-likeness (QED) is 0.479. The van der Waals surface area contributed by atoms with Gasteiger partial charge >= 0.3 is 0 Å². The Hall–Kier alpha value is -1.62. The molecule has 23 heavy (non-hydrogen) atoms. The predicted molar refractivity (Wildman–Crippen MR) is 81.1 cm³/mol. The first-order chi connectivity index (χ1) is 10.9. The first kappa shape index (κ1) is 16.2. The minimum absolute atomic E-state index is 0.161. The average molecular weight is 356 g/mol. The van der Waals surface area contributed by atoms with Gasteiger partial charge in [-0.05, 0) is 18.4 Å². The van der Waals surface area contributed by atoms with Crippen molar-refractivity contribution >= 4 is 21.9 Å². The Kier molecular flexibility index (Phi) is 4.32. The zero-order valence-corrected chi connectivity index (χ0v) is 13.9. The molecule has 0 fully saturated rings. The monoisotopic (exact) mass is 356 g/mol. The van der Waals surface area contributed by atoms with Crippen molar-refractivity contribution in [1.82, 2.24) is 14.9 Å². The van der Waals surface area contributed by atoms with Crippen molar-refractivity contribution < 1.29 is 17.4 Å². The van der Waals surface area contributed by atoms with Crippen LogP contribution in [0.15, 0.2) is 31.6 Å². The van der Waals surface area contributed by atoms with Gasteiger partial charge in [0.25, 0.3) is 5.56 Å². The van der Waals surface area contributed by atoms with E-state index in [9.17, 15) is 17.8 Å². The van der Waals surface area contributed by atoms with Crippen LogP contribution in [0.4, 0.5) is 0 Å². The van der Waals surface area contributed by atoms with Crippen LogP contribution in [0.1, 0.15) is 17.0 Å². The molecule has 1 aliphatic rings. The molecule has 2 aromatic rings. The number of furan rings is 1. The fourth-order valence-electron chi connectivity index (χ4n) is 2.49. The Labute approximate surface area is 136 Å². The van der Waals surface area contributed by atoms with Crippen molar-refractivity contribution in [3.63, 3.8) is 0 Å². The summed E-state index contributed by atoms with van der Waals surface area (Å²) < 4.78 is 37.7. The Balaban J connectivity index is 1.78. The number of rotatable bonds is 4. The summed E-state index contributed by atoms with van der Waals surface area (Å²) in [6.45, 7) is 1.38. The molecule has 0 spiro atoms. The maximum Gasteiger partial charge on any atom is 0.256 e. The lowest BCUT2D eigenvalue weighted by Crippen LogP contribution is -2.35. The summed E-state index contributed by atoms with van der Waals surface area (Å²) in [7, 11) is -4.59. The van der Waals surface area contributed by atoms with E-state index < -0.39 is 15.2 Å². The molecule has 3 rings (SSSR count). The van der Waals surface area contributed by atoms with Gasteiger partial charge in [0, 0.05) is 19.5 Å². The number of hydrogen-bond donors (Lipinski definition) is 1. The van der Waals surface area contributed by atoms with E-state index in [2.05, 4.69) is 9.97 Å². The Morgan fingerprint density at radius 1 is 1.48 bits per heavy atom. The van der Waals surface area contributed by atoms with Gasteiger partial charge in [-0.15, -0.1) is 0 Å². The predicted octanol–water partition coefficient (Wildman–Crippen LogP) is 0.547. The Bertz CT molecular complexity index is 887. The highest BCUT2D eigenvalue weighted by Crippen LogP contribution is 2.20. The second kappa shape index (κ2) is 6.11. The molecule has 10 heteroatoms. The molecule has 0 saturated carbocycles. The molecule has 124 valence electrons. The van der Waals surface area contributed by atoms with Crippen LogP contribution in [0.2, 0.25) is 0 Å². The lowest BCUT2D eigenvalue weighted by Gasteiger charge is -2.26. The van der Waals surface area contributed by atoms with Crippen LogP contribution in [0.5, 0.6) is 0 Å². The zero-order chi connectivity index (χ0) is 16.6. The topological polar surface area (TPSA) is 119 Å². The van der Waals surface area contributed by atoms with Crippen LogP contribution < -0.4 is 5.56 Å². The van der Waals surface area contributed by atoms with E-state index in [1.807, 2.05) is 11.2 Å². The zero-order valence-electron chi connectivity index (χ0n) is 12.2. The Morgan fingerprint density at radius 2 is 2.26 bits per heavy atom. The second-order valence-electron chi connectivity index (χ2n) is 5.14. The summed E-state index contributed by atoms with van der Waals surface area (Å²) in [6, 6.07) is 2.61. The van der Waals surface area contributed by atoms with E-state index in [0.29, 0.717) is 42.5 Å². The Morgan fingerprint density at radius 3 is 2.91 bits per heavy atom. The molecule has 0 saturated heterocycles. The first-order valence-electron chi connectivity index (χ1n) is 6.80. The molecule has 1 aliphatic heterocycles. The van der Waals surface area contributed by atoms with Gasteiger partial charge in [0.05, 0.1) is 17.8 Å². The summed E-state index contributed by atoms with van der Waals surface area (Å²) in [5, 5.41) is 0.00700. The van der Waals surface area contributed by atoms with Crippen LogP contribution in [0.3, 0.4) is 0 Å². The van der Waals surface area contributed by atoms with E-state index in [4.69, 9.17) is 4.42 Å². The summed E-state index contributed by atoms with van der Waals surface area (Å²) in [5.74, 6) is 0.369. The van der Waals surface area contributed by atoms with Crippen molar-refractivity contribution in [3.05, 3.63) is 39.5 Å². The number of thioether (sulfide) groups is 1. The molecule has 0 amide bonds. The molecule has 0 aliphatic carbocycles. The molecule has 0 radical (unpaired) electrons. The molecule has 0 atom stereocenters. The van der Waals surface area contributed by atoms with E-state index in [1.54, 1.807) is 0 Å². The summed E-state index contributed by atoms with van der Waals surface area (Å²) in [6.07, 6.45) is 2.47. The largest absolute Gasteiger partial charge is 0.742 e. The fourth-order valence-corrected chi connectivity index (χ4v) is 3.33. The van der Waals surface area contributed by atoms with Crippen molar-refractivity contribution in [3.8, 4) is 0 Å². The minimum atomic E-state index is -4.59. The van der Waals surface area contributed by atoms with E-state index in [-0.39, 0.29) is 5.56 Å². The van der Waals surface area contributed by atoms with Gasteiger partial charge in [-0.1, -0.05) is 11.8 Å². The molecule has 0 bridgehead atoms. The van der Waals surface area contributed by atoms with Crippen LogP contribution in [-0.2, 0) is 29.6 Å². The number of H-pyrrole nitrogens is 1. The van der Waals surface area contributed by atoms with Gasteiger partial charge in [0.15, 0.2) is 15.3 Å². The van der Waals surface area contributed by atoms with Crippen molar-refractivity contribution in [2.45, 2.75) is 29.8 Å². The lowest BCUT2D eigenvalue weighted by molar-refractivity contribution is 0.215. The molecule has 3 heterocycles. The van der Waals surface area contributed by atoms with Crippen molar-refractivity contribution in [2.24, 2.45) is 0 Å². The van der Waals surface area contributed by atoms with Gasteiger partial charge < -0.3 is 14.0 Å². The minimum Gasteiger partial charge on any atom is -0.742 e. The van der Waals surface area contributed by atoms with Gasteiger partial charge in [0.1, 0.15) is 5.76 Å². The van der Waals surface area contributed by atoms with Gasteiger partial charge in [-0.2, -0.15) is 0 Å². The molecule has 0 unspecified atom stereocenters. The standard InChI is InChI=1S/C13H15N3O5S2/c1-22-13-14-10-4-5-16(7-9(10)12(17)15-13)6-8-2-3-11(21-8)23(18,19)20/h2-3H,4-7H2,1H3,(H,14,15,17)(H,18,19,20)/p-1. The first-order valence-corrected chi connectivity index (χ1v) is 9.43. The number of aromatic amines is 1. The third kappa shape index (κ3) is 3.50. The van der Waals surface area contributed by atoms with Crippen molar-refractivity contribution in [1.29, 1.82) is 0 Å². The number of aromatic nitrogens is 2.